The van der Waals surface area contributed by atoms with Gasteiger partial charge < -0.3 is 23.9 Å². The zero-order chi connectivity index (χ0) is 26.2. The SMILES string of the molecule is CCOC(=O)c1c(NC(=O)CS(=O)(=O)c2nnc(C3COc4ccccc4O3)o2)sc2c1CCC(C)C2. The van der Waals surface area contributed by atoms with E-state index in [-0.39, 0.29) is 24.1 Å². The van der Waals surface area contributed by atoms with E-state index < -0.39 is 38.8 Å². The zero-order valence-corrected chi connectivity index (χ0v) is 21.8. The fourth-order valence-electron chi connectivity index (χ4n) is 4.27. The Morgan fingerprint density at radius 1 is 1.22 bits per heavy atom. The Bertz CT molecular complexity index is 1450. The molecule has 0 spiro atoms. The van der Waals surface area contributed by atoms with Gasteiger partial charge >= 0.3 is 11.2 Å². The standard InChI is InChI=1S/C24H25N3O8S2/c1-3-32-23(29)20-14-9-8-13(2)10-18(14)36-22(20)25-19(28)12-37(30,31)24-27-26-21(35-24)17-11-33-15-6-4-5-7-16(15)34-17/h4-7,13,17H,3,8-12H2,1-2H3,(H,25,28). The third-order valence-electron chi connectivity index (χ3n) is 6.04. The summed E-state index contributed by atoms with van der Waals surface area (Å²) in [6, 6.07) is 7.01. The summed E-state index contributed by atoms with van der Waals surface area (Å²) in [5, 5.41) is 9.58. The molecule has 2 aliphatic rings. The van der Waals surface area contributed by atoms with Crippen LogP contribution in [-0.2, 0) is 32.2 Å². The number of para-hydroxylation sites is 2. The molecule has 0 bridgehead atoms. The number of esters is 1. The van der Waals surface area contributed by atoms with Crippen LogP contribution in [0.25, 0.3) is 0 Å². The van der Waals surface area contributed by atoms with Crippen molar-refractivity contribution in [2.24, 2.45) is 5.92 Å². The highest BCUT2D eigenvalue weighted by molar-refractivity contribution is 7.91. The summed E-state index contributed by atoms with van der Waals surface area (Å²) in [6.45, 7) is 4.06. The van der Waals surface area contributed by atoms with Gasteiger partial charge in [-0.15, -0.1) is 16.4 Å². The Balaban J connectivity index is 1.30. The lowest BCUT2D eigenvalue weighted by molar-refractivity contribution is -0.113. The van der Waals surface area contributed by atoms with E-state index in [2.05, 4.69) is 22.4 Å². The van der Waals surface area contributed by atoms with Gasteiger partial charge in [0.1, 0.15) is 17.4 Å². The normalized spacial score (nSPS) is 18.6. The molecule has 1 aliphatic heterocycles. The van der Waals surface area contributed by atoms with Gasteiger partial charge in [0.25, 0.3) is 5.89 Å². The van der Waals surface area contributed by atoms with E-state index in [0.29, 0.717) is 29.4 Å². The summed E-state index contributed by atoms with van der Waals surface area (Å²) in [6.07, 6.45) is 1.59. The number of aromatic nitrogens is 2. The van der Waals surface area contributed by atoms with Crippen molar-refractivity contribution in [3.05, 3.63) is 46.2 Å². The maximum Gasteiger partial charge on any atom is 0.341 e. The van der Waals surface area contributed by atoms with E-state index in [0.717, 1.165) is 23.3 Å². The molecule has 1 aliphatic carbocycles. The molecule has 1 aromatic carbocycles. The second kappa shape index (κ2) is 10.1. The Kier molecular flexibility index (Phi) is 6.90. The van der Waals surface area contributed by atoms with Crippen LogP contribution in [0.2, 0.25) is 0 Å². The van der Waals surface area contributed by atoms with Crippen LogP contribution in [0, 0.1) is 5.92 Å². The lowest BCUT2D eigenvalue weighted by atomic mass is 9.88. The van der Waals surface area contributed by atoms with Crippen LogP contribution in [0.5, 0.6) is 11.5 Å². The van der Waals surface area contributed by atoms with Crippen molar-refractivity contribution >= 4 is 38.1 Å². The summed E-state index contributed by atoms with van der Waals surface area (Å²) >= 11 is 1.28. The predicted molar refractivity (Wildman–Crippen MR) is 132 cm³/mol. The number of carbonyl (C=O) groups is 2. The molecule has 2 atom stereocenters. The lowest BCUT2D eigenvalue weighted by Crippen LogP contribution is -2.24. The van der Waals surface area contributed by atoms with E-state index in [9.17, 15) is 18.0 Å². The number of hydrogen-bond donors (Lipinski definition) is 1. The van der Waals surface area contributed by atoms with Gasteiger partial charge in [0, 0.05) is 4.88 Å². The number of benzene rings is 1. The maximum atomic E-state index is 12.9. The van der Waals surface area contributed by atoms with Crippen LogP contribution in [0.1, 0.15) is 53.1 Å². The van der Waals surface area contributed by atoms with Gasteiger partial charge in [-0.1, -0.05) is 24.2 Å². The van der Waals surface area contributed by atoms with E-state index in [1.54, 1.807) is 31.2 Å². The molecule has 5 rings (SSSR count). The molecule has 1 amide bonds. The lowest BCUT2D eigenvalue weighted by Gasteiger charge is -2.23. The fourth-order valence-corrected chi connectivity index (χ4v) is 6.61. The molecule has 13 heteroatoms. The van der Waals surface area contributed by atoms with Crippen molar-refractivity contribution in [2.75, 3.05) is 24.3 Å². The molecule has 0 radical (unpaired) electrons. The average molecular weight is 548 g/mol. The molecule has 37 heavy (non-hydrogen) atoms. The molecule has 3 aromatic rings. The highest BCUT2D eigenvalue weighted by Crippen LogP contribution is 2.40. The summed E-state index contributed by atoms with van der Waals surface area (Å²) in [5.74, 6) is -0.933. The monoisotopic (exact) mass is 547 g/mol. The summed E-state index contributed by atoms with van der Waals surface area (Å²) < 4.78 is 47.7. The highest BCUT2D eigenvalue weighted by atomic mass is 32.2. The molecule has 2 unspecified atom stereocenters. The average Bonchev–Trinajstić information content (AvgIpc) is 3.49. The van der Waals surface area contributed by atoms with Gasteiger partial charge in [0.05, 0.1) is 12.2 Å². The van der Waals surface area contributed by atoms with Gasteiger partial charge in [0.2, 0.25) is 21.8 Å². The van der Waals surface area contributed by atoms with Crippen molar-refractivity contribution in [2.45, 2.75) is 44.4 Å². The molecule has 0 saturated heterocycles. The fraction of sp³-hybridized carbons (Fsp3) is 0.417. The second-order valence-corrected chi connectivity index (χ2v) is 11.8. The number of sulfone groups is 1. The predicted octanol–water partition coefficient (Wildman–Crippen LogP) is 3.36. The third kappa shape index (κ3) is 5.18. The van der Waals surface area contributed by atoms with Crippen LogP contribution in [0.4, 0.5) is 5.00 Å². The number of anilines is 1. The summed E-state index contributed by atoms with van der Waals surface area (Å²) in [7, 11) is -4.27. The second-order valence-electron chi connectivity index (χ2n) is 8.85. The van der Waals surface area contributed by atoms with Gasteiger partial charge in [-0.05, 0) is 49.8 Å². The minimum Gasteiger partial charge on any atom is -0.485 e. The molecular formula is C24H25N3O8S2. The number of ether oxygens (including phenoxy) is 3. The number of thiophene rings is 1. The number of amides is 1. The number of rotatable bonds is 7. The number of nitrogens with one attached hydrogen (secondary N) is 1. The van der Waals surface area contributed by atoms with Gasteiger partial charge in [-0.3, -0.25) is 4.79 Å². The van der Waals surface area contributed by atoms with E-state index in [4.69, 9.17) is 18.6 Å². The molecule has 11 nitrogen and oxygen atoms in total. The molecule has 3 heterocycles. The van der Waals surface area contributed by atoms with Crippen LogP contribution >= 0.6 is 11.3 Å². The van der Waals surface area contributed by atoms with E-state index >= 15 is 0 Å². The molecule has 196 valence electrons. The van der Waals surface area contributed by atoms with Gasteiger partial charge in [-0.2, -0.15) is 0 Å². The summed E-state index contributed by atoms with van der Waals surface area (Å²) in [5.41, 5.74) is 1.16. The minimum absolute atomic E-state index is 0.0531. The first-order valence-electron chi connectivity index (χ1n) is 11.8. The van der Waals surface area contributed by atoms with Crippen molar-refractivity contribution < 1.29 is 36.6 Å². The number of fused-ring (bicyclic) bond motifs is 2. The van der Waals surface area contributed by atoms with Gasteiger partial charge in [-0.25, -0.2) is 13.2 Å². The first kappa shape index (κ1) is 25.2. The van der Waals surface area contributed by atoms with Gasteiger partial charge in [0.15, 0.2) is 11.5 Å². The van der Waals surface area contributed by atoms with E-state index in [1.165, 1.54) is 11.3 Å². The summed E-state index contributed by atoms with van der Waals surface area (Å²) in [4.78, 5) is 26.4. The molecule has 2 aromatic heterocycles. The van der Waals surface area contributed by atoms with Crippen molar-refractivity contribution in [1.82, 2.24) is 10.2 Å². The van der Waals surface area contributed by atoms with Crippen LogP contribution in [0.15, 0.2) is 33.9 Å². The van der Waals surface area contributed by atoms with Crippen molar-refractivity contribution in [1.29, 1.82) is 0 Å². The largest absolute Gasteiger partial charge is 0.485 e. The molecular weight excluding hydrogens is 522 g/mol. The Morgan fingerprint density at radius 2 is 2.00 bits per heavy atom. The number of nitrogens with zero attached hydrogens (tertiary/aromatic N) is 2. The smallest absolute Gasteiger partial charge is 0.341 e. The molecule has 0 saturated carbocycles. The quantitative estimate of drug-likeness (QED) is 0.437. The van der Waals surface area contributed by atoms with Crippen molar-refractivity contribution in [3.63, 3.8) is 0 Å². The number of carbonyl (C=O) groups excluding carboxylic acids is 2. The Hall–Kier alpha value is -3.45. The van der Waals surface area contributed by atoms with Crippen LogP contribution in [-0.4, -0.2) is 49.5 Å². The topological polar surface area (TPSA) is 147 Å². The highest BCUT2D eigenvalue weighted by Gasteiger charge is 2.33. The Labute approximate surface area is 217 Å². The number of hydrogen-bond acceptors (Lipinski definition) is 11. The third-order valence-corrected chi connectivity index (χ3v) is 8.55. The first-order valence-corrected chi connectivity index (χ1v) is 14.3. The Morgan fingerprint density at radius 3 is 2.78 bits per heavy atom. The van der Waals surface area contributed by atoms with Crippen molar-refractivity contribution in [3.8, 4) is 11.5 Å². The minimum atomic E-state index is -4.27. The maximum absolute atomic E-state index is 12.9. The van der Waals surface area contributed by atoms with E-state index in [1.807, 2.05) is 0 Å². The first-order chi connectivity index (χ1) is 17.7. The van der Waals surface area contributed by atoms with Crippen LogP contribution < -0.4 is 14.8 Å². The molecule has 0 fully saturated rings. The van der Waals surface area contributed by atoms with Crippen LogP contribution in [0.3, 0.4) is 0 Å². The molecule has 1 N–H and O–H groups in total. The zero-order valence-electron chi connectivity index (χ0n) is 20.2.